The summed E-state index contributed by atoms with van der Waals surface area (Å²) in [5, 5.41) is 5.25. The summed E-state index contributed by atoms with van der Waals surface area (Å²) >= 11 is 12.6. The van der Waals surface area contributed by atoms with Gasteiger partial charge < -0.3 is 5.32 Å². The van der Waals surface area contributed by atoms with Crippen LogP contribution < -0.4 is 5.32 Å². The van der Waals surface area contributed by atoms with Crippen molar-refractivity contribution in [2.75, 3.05) is 6.54 Å². The van der Waals surface area contributed by atoms with Gasteiger partial charge in [0.25, 0.3) is 0 Å². The Hall–Kier alpha value is -0.240. The molecule has 0 heterocycles. The summed E-state index contributed by atoms with van der Waals surface area (Å²) in [4.78, 5) is 0. The number of hydrogen-bond acceptors (Lipinski definition) is 1. The summed E-state index contributed by atoms with van der Waals surface area (Å²) in [6.45, 7) is 5.54. The zero-order valence-corrected chi connectivity index (χ0v) is 14.0. The molecule has 0 radical (unpaired) electrons. The lowest BCUT2D eigenvalue weighted by molar-refractivity contribution is 0.334. The Kier molecular flexibility index (Phi) is 5.77. The van der Waals surface area contributed by atoms with E-state index < -0.39 is 0 Å². The second-order valence-electron chi connectivity index (χ2n) is 6.06. The fourth-order valence-corrected chi connectivity index (χ4v) is 3.78. The first-order valence-corrected chi connectivity index (χ1v) is 8.56. The zero-order valence-electron chi connectivity index (χ0n) is 12.5. The van der Waals surface area contributed by atoms with Crippen LogP contribution in [-0.2, 0) is 5.41 Å². The van der Waals surface area contributed by atoms with Gasteiger partial charge >= 0.3 is 0 Å². The third-order valence-electron chi connectivity index (χ3n) is 4.27. The number of benzene rings is 1. The lowest BCUT2D eigenvalue weighted by Crippen LogP contribution is -2.39. The molecule has 1 aliphatic carbocycles. The standard InChI is InChI=1S/C17H25Cl2N/c1-3-9-17(10-4-2,12-20-14-6-7-14)15-8-5-13(18)11-16(15)19/h5,8,11,14,20H,3-4,6-7,9-10,12H2,1-2H3. The molecule has 0 bridgehead atoms. The van der Waals surface area contributed by atoms with Gasteiger partial charge in [-0.15, -0.1) is 0 Å². The molecule has 0 aliphatic heterocycles. The minimum atomic E-state index is 0.147. The predicted octanol–water partition coefficient (Wildman–Crippen LogP) is 5.58. The van der Waals surface area contributed by atoms with Crippen molar-refractivity contribution in [1.82, 2.24) is 5.32 Å². The van der Waals surface area contributed by atoms with Gasteiger partial charge in [0.05, 0.1) is 0 Å². The summed E-state index contributed by atoms with van der Waals surface area (Å²) in [5.41, 5.74) is 1.41. The van der Waals surface area contributed by atoms with Crippen molar-refractivity contribution in [2.24, 2.45) is 0 Å². The first-order valence-electron chi connectivity index (χ1n) is 7.80. The average Bonchev–Trinajstić information content (AvgIpc) is 3.20. The molecule has 0 aromatic heterocycles. The van der Waals surface area contributed by atoms with E-state index in [0.717, 1.165) is 22.6 Å². The Balaban J connectivity index is 2.29. The van der Waals surface area contributed by atoms with E-state index in [-0.39, 0.29) is 5.41 Å². The lowest BCUT2D eigenvalue weighted by Gasteiger charge is -2.35. The molecular formula is C17H25Cl2N. The second-order valence-corrected chi connectivity index (χ2v) is 6.90. The van der Waals surface area contributed by atoms with Crippen molar-refractivity contribution in [3.05, 3.63) is 33.8 Å². The predicted molar refractivity (Wildman–Crippen MR) is 89.0 cm³/mol. The van der Waals surface area contributed by atoms with Crippen LogP contribution in [0.3, 0.4) is 0 Å². The minimum Gasteiger partial charge on any atom is -0.313 e. The molecule has 1 aromatic carbocycles. The lowest BCUT2D eigenvalue weighted by atomic mass is 9.73. The van der Waals surface area contributed by atoms with E-state index in [4.69, 9.17) is 23.2 Å². The number of nitrogens with one attached hydrogen (secondary N) is 1. The van der Waals surface area contributed by atoms with Crippen LogP contribution in [0.2, 0.25) is 10.0 Å². The number of rotatable bonds is 8. The van der Waals surface area contributed by atoms with Gasteiger partial charge in [0.1, 0.15) is 0 Å². The van der Waals surface area contributed by atoms with Crippen LogP contribution in [0.15, 0.2) is 18.2 Å². The molecule has 1 fully saturated rings. The zero-order chi connectivity index (χ0) is 14.6. The first kappa shape index (κ1) is 16.1. The molecule has 3 heteroatoms. The summed E-state index contributed by atoms with van der Waals surface area (Å²) in [5.74, 6) is 0. The van der Waals surface area contributed by atoms with E-state index in [1.165, 1.54) is 44.1 Å². The van der Waals surface area contributed by atoms with Crippen LogP contribution in [0.5, 0.6) is 0 Å². The summed E-state index contributed by atoms with van der Waals surface area (Å²) in [6, 6.07) is 6.72. The maximum Gasteiger partial charge on any atom is 0.0458 e. The molecule has 0 amide bonds. The molecule has 1 aromatic rings. The Morgan fingerprint density at radius 3 is 2.30 bits per heavy atom. The van der Waals surface area contributed by atoms with Crippen molar-refractivity contribution in [2.45, 2.75) is 63.8 Å². The molecule has 0 saturated heterocycles. The van der Waals surface area contributed by atoms with Crippen LogP contribution in [0.4, 0.5) is 0 Å². The maximum absolute atomic E-state index is 6.50. The molecule has 2 rings (SSSR count). The Morgan fingerprint density at radius 2 is 1.80 bits per heavy atom. The summed E-state index contributed by atoms with van der Waals surface area (Å²) in [6.07, 6.45) is 7.33. The average molecular weight is 314 g/mol. The first-order chi connectivity index (χ1) is 9.61. The van der Waals surface area contributed by atoms with E-state index in [9.17, 15) is 0 Å². The monoisotopic (exact) mass is 313 g/mol. The smallest absolute Gasteiger partial charge is 0.0458 e. The van der Waals surface area contributed by atoms with Crippen molar-refractivity contribution < 1.29 is 0 Å². The van der Waals surface area contributed by atoms with Crippen LogP contribution in [0.25, 0.3) is 0 Å². The largest absolute Gasteiger partial charge is 0.313 e. The summed E-state index contributed by atoms with van der Waals surface area (Å²) in [7, 11) is 0. The van der Waals surface area contributed by atoms with Gasteiger partial charge in [0.2, 0.25) is 0 Å². The van der Waals surface area contributed by atoms with E-state index in [2.05, 4.69) is 25.2 Å². The second kappa shape index (κ2) is 7.15. The Labute approximate surface area is 133 Å². The highest BCUT2D eigenvalue weighted by molar-refractivity contribution is 6.35. The molecule has 0 spiro atoms. The molecule has 1 saturated carbocycles. The fraction of sp³-hybridized carbons (Fsp3) is 0.647. The molecule has 1 aliphatic rings. The van der Waals surface area contributed by atoms with Crippen molar-refractivity contribution in [1.29, 1.82) is 0 Å². The Morgan fingerprint density at radius 1 is 1.15 bits per heavy atom. The highest BCUT2D eigenvalue weighted by Crippen LogP contribution is 2.39. The Bertz CT molecular complexity index is 435. The topological polar surface area (TPSA) is 12.0 Å². The van der Waals surface area contributed by atoms with Gasteiger partial charge in [-0.25, -0.2) is 0 Å². The van der Waals surface area contributed by atoms with Gasteiger partial charge in [0.15, 0.2) is 0 Å². The minimum absolute atomic E-state index is 0.147. The third kappa shape index (κ3) is 3.90. The van der Waals surface area contributed by atoms with Crippen LogP contribution >= 0.6 is 23.2 Å². The van der Waals surface area contributed by atoms with Crippen LogP contribution in [-0.4, -0.2) is 12.6 Å². The molecule has 0 unspecified atom stereocenters. The van der Waals surface area contributed by atoms with Gasteiger partial charge in [0, 0.05) is 28.0 Å². The number of hydrogen-bond donors (Lipinski definition) is 1. The van der Waals surface area contributed by atoms with Crippen molar-refractivity contribution in [3.63, 3.8) is 0 Å². The number of halogens is 2. The van der Waals surface area contributed by atoms with Gasteiger partial charge in [-0.05, 0) is 43.4 Å². The van der Waals surface area contributed by atoms with Crippen LogP contribution in [0.1, 0.15) is 57.9 Å². The molecule has 1 nitrogen and oxygen atoms in total. The van der Waals surface area contributed by atoms with E-state index in [1.807, 2.05) is 12.1 Å². The SMILES string of the molecule is CCCC(CCC)(CNC1CC1)c1ccc(Cl)cc1Cl. The van der Waals surface area contributed by atoms with Gasteiger partial charge in [-0.3, -0.25) is 0 Å². The third-order valence-corrected chi connectivity index (χ3v) is 4.81. The normalized spacial score (nSPS) is 15.6. The highest BCUT2D eigenvalue weighted by Gasteiger charge is 2.34. The van der Waals surface area contributed by atoms with Gasteiger partial charge in [-0.1, -0.05) is 56.0 Å². The summed E-state index contributed by atoms with van der Waals surface area (Å²) < 4.78 is 0. The maximum atomic E-state index is 6.50. The van der Waals surface area contributed by atoms with Crippen molar-refractivity contribution in [3.8, 4) is 0 Å². The van der Waals surface area contributed by atoms with Crippen molar-refractivity contribution >= 4 is 23.2 Å². The molecule has 112 valence electrons. The van der Waals surface area contributed by atoms with E-state index >= 15 is 0 Å². The highest BCUT2D eigenvalue weighted by atomic mass is 35.5. The quantitative estimate of drug-likeness (QED) is 0.660. The van der Waals surface area contributed by atoms with E-state index in [1.54, 1.807) is 0 Å². The molecular weight excluding hydrogens is 289 g/mol. The molecule has 1 N–H and O–H groups in total. The van der Waals surface area contributed by atoms with E-state index in [0.29, 0.717) is 0 Å². The van der Waals surface area contributed by atoms with Crippen LogP contribution in [0, 0.1) is 0 Å². The fourth-order valence-electron chi connectivity index (χ4n) is 3.17. The molecule has 20 heavy (non-hydrogen) atoms. The van der Waals surface area contributed by atoms with Gasteiger partial charge in [-0.2, -0.15) is 0 Å². The molecule has 0 atom stereocenters.